The highest BCUT2D eigenvalue weighted by Gasteiger charge is 2.18. The van der Waals surface area contributed by atoms with Crippen LogP contribution in [0.1, 0.15) is 29.0 Å². The molecule has 160 valence electrons. The first-order valence-electron chi connectivity index (χ1n) is 10.9. The van der Waals surface area contributed by atoms with Crippen LogP contribution in [-0.4, -0.2) is 5.91 Å². The lowest BCUT2D eigenvalue weighted by Gasteiger charge is -2.15. The predicted octanol–water partition coefficient (Wildman–Crippen LogP) is 6.13. The molecule has 0 aliphatic rings. The van der Waals surface area contributed by atoms with Crippen molar-refractivity contribution in [2.45, 2.75) is 25.4 Å². The maximum absolute atomic E-state index is 12.2. The van der Waals surface area contributed by atoms with Gasteiger partial charge in [-0.25, -0.2) is 0 Å². The van der Waals surface area contributed by atoms with Crippen LogP contribution in [0.3, 0.4) is 0 Å². The Morgan fingerprint density at radius 1 is 0.719 bits per heavy atom. The second-order valence-electron chi connectivity index (χ2n) is 7.90. The lowest BCUT2D eigenvalue weighted by Crippen LogP contribution is -2.22. The number of carbonyl (C=O) groups is 1. The predicted molar refractivity (Wildman–Crippen MR) is 129 cm³/mol. The van der Waals surface area contributed by atoms with E-state index in [9.17, 15) is 4.79 Å². The van der Waals surface area contributed by atoms with E-state index in [2.05, 4.69) is 30.3 Å². The van der Waals surface area contributed by atoms with Crippen molar-refractivity contribution in [2.75, 3.05) is 0 Å². The van der Waals surface area contributed by atoms with Crippen molar-refractivity contribution in [3.8, 4) is 16.9 Å². The molecule has 0 fully saturated rings. The fourth-order valence-corrected chi connectivity index (χ4v) is 3.85. The number of nitrogens with two attached hydrogens (primary N) is 1. The molecule has 4 rings (SSSR count). The number of rotatable bonds is 9. The Kier molecular flexibility index (Phi) is 6.98. The maximum Gasteiger partial charge on any atom is 0.224 e. The number of hydrogen-bond donors (Lipinski definition) is 1. The molecule has 0 radical (unpaired) electrons. The number of primary amides is 1. The van der Waals surface area contributed by atoms with Crippen LogP contribution in [0.15, 0.2) is 109 Å². The minimum atomic E-state index is -0.325. The van der Waals surface area contributed by atoms with Gasteiger partial charge in [0.05, 0.1) is 5.92 Å². The molecule has 1 unspecified atom stereocenters. The van der Waals surface area contributed by atoms with Gasteiger partial charge < -0.3 is 10.5 Å². The first kappa shape index (κ1) is 21.4. The summed E-state index contributed by atoms with van der Waals surface area (Å²) in [6, 6.07) is 36.5. The van der Waals surface area contributed by atoms with Crippen molar-refractivity contribution in [3.63, 3.8) is 0 Å². The second kappa shape index (κ2) is 10.5. The summed E-state index contributed by atoms with van der Waals surface area (Å²) in [7, 11) is 0. The number of benzene rings is 4. The monoisotopic (exact) mass is 421 g/mol. The van der Waals surface area contributed by atoms with Crippen LogP contribution in [0.25, 0.3) is 11.1 Å². The van der Waals surface area contributed by atoms with Gasteiger partial charge in [-0.05, 0) is 52.8 Å². The lowest BCUT2D eigenvalue weighted by molar-refractivity contribution is -0.119. The highest BCUT2D eigenvalue weighted by Crippen LogP contribution is 2.26. The van der Waals surface area contributed by atoms with Gasteiger partial charge in [-0.3, -0.25) is 4.79 Å². The van der Waals surface area contributed by atoms with E-state index in [0.717, 1.165) is 40.0 Å². The van der Waals surface area contributed by atoms with Gasteiger partial charge in [0, 0.05) is 0 Å². The smallest absolute Gasteiger partial charge is 0.224 e. The molecule has 0 aromatic heterocycles. The highest BCUT2D eigenvalue weighted by molar-refractivity contribution is 5.82. The summed E-state index contributed by atoms with van der Waals surface area (Å²) >= 11 is 0. The first-order valence-corrected chi connectivity index (χ1v) is 10.9. The summed E-state index contributed by atoms with van der Waals surface area (Å²) in [5.74, 6) is 0.205. The Labute approximate surface area is 189 Å². The average molecular weight is 422 g/mol. The summed E-state index contributed by atoms with van der Waals surface area (Å²) in [5.41, 5.74) is 11.3. The third-order valence-electron chi connectivity index (χ3n) is 5.63. The molecule has 2 N–H and O–H groups in total. The molecule has 0 bridgehead atoms. The summed E-state index contributed by atoms with van der Waals surface area (Å²) in [6.45, 7) is 0.530. The Bertz CT molecular complexity index is 1140. The van der Waals surface area contributed by atoms with Crippen molar-refractivity contribution in [3.05, 3.63) is 126 Å². The number of amides is 1. The minimum absolute atomic E-state index is 0.297. The zero-order valence-electron chi connectivity index (χ0n) is 18.0. The summed E-state index contributed by atoms with van der Waals surface area (Å²) in [6.07, 6.45) is 1.40. The van der Waals surface area contributed by atoms with Gasteiger partial charge in [0.15, 0.2) is 0 Å². The van der Waals surface area contributed by atoms with E-state index in [1.807, 2.05) is 78.9 Å². The molecule has 4 aromatic carbocycles. The molecule has 0 heterocycles. The average Bonchev–Trinajstić information content (AvgIpc) is 2.85. The molecule has 0 aliphatic carbocycles. The zero-order valence-corrected chi connectivity index (χ0v) is 18.0. The van der Waals surface area contributed by atoms with Crippen LogP contribution in [0.2, 0.25) is 0 Å². The molecule has 0 saturated carbocycles. The molecule has 0 aliphatic heterocycles. The molecular weight excluding hydrogens is 394 g/mol. The van der Waals surface area contributed by atoms with Crippen LogP contribution in [0, 0.1) is 0 Å². The van der Waals surface area contributed by atoms with E-state index in [0.29, 0.717) is 13.0 Å². The van der Waals surface area contributed by atoms with E-state index in [1.165, 1.54) is 0 Å². The Morgan fingerprint density at radius 2 is 1.34 bits per heavy atom. The van der Waals surface area contributed by atoms with Crippen LogP contribution in [0.4, 0.5) is 0 Å². The van der Waals surface area contributed by atoms with Crippen molar-refractivity contribution in [1.29, 1.82) is 0 Å². The van der Waals surface area contributed by atoms with Crippen LogP contribution in [-0.2, 0) is 17.8 Å². The second-order valence-corrected chi connectivity index (χ2v) is 7.90. The minimum Gasteiger partial charge on any atom is -0.489 e. The maximum atomic E-state index is 12.2. The molecule has 0 spiro atoms. The Hall–Kier alpha value is -3.85. The molecular formula is C29H27NO2. The largest absolute Gasteiger partial charge is 0.489 e. The third-order valence-corrected chi connectivity index (χ3v) is 5.63. The van der Waals surface area contributed by atoms with Crippen molar-refractivity contribution in [2.24, 2.45) is 5.73 Å². The fraction of sp³-hybridized carbons (Fsp3) is 0.138. The molecule has 3 nitrogen and oxygen atoms in total. The normalized spacial score (nSPS) is 11.6. The molecule has 0 saturated heterocycles. The topological polar surface area (TPSA) is 52.3 Å². The van der Waals surface area contributed by atoms with Crippen LogP contribution < -0.4 is 10.5 Å². The van der Waals surface area contributed by atoms with Crippen molar-refractivity contribution < 1.29 is 9.53 Å². The number of aryl methyl sites for hydroxylation is 1. The van der Waals surface area contributed by atoms with Gasteiger partial charge in [-0.15, -0.1) is 0 Å². The summed E-state index contributed by atoms with van der Waals surface area (Å²) in [4.78, 5) is 12.2. The standard InChI is InChI=1S/C29H27NO2/c30-29(31)28(26-17-15-25(16-18-26)24-11-5-2-6-12-24)19-14-22-10-7-13-27(20-22)32-21-23-8-3-1-4-9-23/h1-13,15-18,20,28H,14,19,21H2,(H2,30,31). The van der Waals surface area contributed by atoms with E-state index in [1.54, 1.807) is 0 Å². The SMILES string of the molecule is NC(=O)C(CCc1cccc(OCc2ccccc2)c1)c1ccc(-c2ccccc2)cc1. The fourth-order valence-electron chi connectivity index (χ4n) is 3.85. The van der Waals surface area contributed by atoms with Crippen LogP contribution >= 0.6 is 0 Å². The van der Waals surface area contributed by atoms with Gasteiger partial charge in [-0.2, -0.15) is 0 Å². The van der Waals surface area contributed by atoms with Gasteiger partial charge in [0.2, 0.25) is 5.91 Å². The van der Waals surface area contributed by atoms with Gasteiger partial charge in [-0.1, -0.05) is 97.1 Å². The Balaban J connectivity index is 1.40. The van der Waals surface area contributed by atoms with Gasteiger partial charge in [0.25, 0.3) is 0 Å². The third kappa shape index (κ3) is 5.64. The number of ether oxygens (including phenoxy) is 1. The van der Waals surface area contributed by atoms with E-state index >= 15 is 0 Å². The highest BCUT2D eigenvalue weighted by atomic mass is 16.5. The van der Waals surface area contributed by atoms with Crippen molar-refractivity contribution in [1.82, 2.24) is 0 Å². The van der Waals surface area contributed by atoms with E-state index in [4.69, 9.17) is 10.5 Å². The first-order chi connectivity index (χ1) is 15.7. The molecule has 32 heavy (non-hydrogen) atoms. The molecule has 1 amide bonds. The van der Waals surface area contributed by atoms with E-state index < -0.39 is 0 Å². The van der Waals surface area contributed by atoms with Gasteiger partial charge >= 0.3 is 0 Å². The quantitative estimate of drug-likeness (QED) is 0.353. The molecule has 3 heteroatoms. The molecule has 1 atom stereocenters. The molecule has 4 aromatic rings. The number of hydrogen-bond acceptors (Lipinski definition) is 2. The van der Waals surface area contributed by atoms with Crippen molar-refractivity contribution >= 4 is 5.91 Å². The van der Waals surface area contributed by atoms with E-state index in [-0.39, 0.29) is 11.8 Å². The van der Waals surface area contributed by atoms with Crippen LogP contribution in [0.5, 0.6) is 5.75 Å². The Morgan fingerprint density at radius 3 is 2.03 bits per heavy atom. The lowest BCUT2D eigenvalue weighted by atomic mass is 9.90. The zero-order chi connectivity index (χ0) is 22.2. The number of carbonyl (C=O) groups excluding carboxylic acids is 1. The van der Waals surface area contributed by atoms with Gasteiger partial charge in [0.1, 0.15) is 12.4 Å². The summed E-state index contributed by atoms with van der Waals surface area (Å²) in [5, 5.41) is 0. The summed E-state index contributed by atoms with van der Waals surface area (Å²) < 4.78 is 5.94.